The molecular weight excluding hydrogens is 322 g/mol. The molecule has 0 aromatic heterocycles. The van der Waals surface area contributed by atoms with Crippen LogP contribution in [0.4, 0.5) is 0 Å². The zero-order valence-corrected chi connectivity index (χ0v) is 13.3. The Balaban J connectivity index is 1.99. The molecule has 4 nitrogen and oxygen atoms in total. The number of rotatable bonds is 5. The van der Waals surface area contributed by atoms with Gasteiger partial charge in [0.25, 0.3) is 0 Å². The van der Waals surface area contributed by atoms with E-state index < -0.39 is 5.97 Å². The number of likely N-dealkylation sites (tertiary alicyclic amines) is 1. The number of aryl methyl sites for hydroxylation is 1. The molecule has 1 heterocycles. The SMILES string of the molecule is Cc1cc(Br)cc(C(=O)O)c1OCCN1CCCCC1. The standard InChI is InChI=1S/C15H20BrNO3/c1-11-9-12(16)10-13(15(18)19)14(11)20-8-7-17-5-3-2-4-6-17/h9-10H,2-8H2,1H3,(H,18,19). The summed E-state index contributed by atoms with van der Waals surface area (Å²) in [4.78, 5) is 13.7. The van der Waals surface area contributed by atoms with Crippen LogP contribution in [0.1, 0.15) is 35.2 Å². The molecular formula is C15H20BrNO3. The number of hydrogen-bond donors (Lipinski definition) is 1. The van der Waals surface area contributed by atoms with Crippen molar-refractivity contribution in [2.45, 2.75) is 26.2 Å². The third-order valence-electron chi connectivity index (χ3n) is 3.57. The first kappa shape index (κ1) is 15.3. The highest BCUT2D eigenvalue weighted by Crippen LogP contribution is 2.28. The van der Waals surface area contributed by atoms with Crippen LogP contribution >= 0.6 is 15.9 Å². The minimum absolute atomic E-state index is 0.218. The highest BCUT2D eigenvalue weighted by atomic mass is 79.9. The number of ether oxygens (including phenoxy) is 1. The summed E-state index contributed by atoms with van der Waals surface area (Å²) < 4.78 is 6.50. The lowest BCUT2D eigenvalue weighted by atomic mass is 10.1. The summed E-state index contributed by atoms with van der Waals surface area (Å²) in [7, 11) is 0. The topological polar surface area (TPSA) is 49.8 Å². The van der Waals surface area contributed by atoms with Gasteiger partial charge in [-0.1, -0.05) is 22.4 Å². The Hall–Kier alpha value is -1.07. The number of carbonyl (C=O) groups is 1. The molecule has 5 heteroatoms. The van der Waals surface area contributed by atoms with Gasteiger partial charge in [0.05, 0.1) is 0 Å². The predicted molar refractivity (Wildman–Crippen MR) is 81.6 cm³/mol. The van der Waals surface area contributed by atoms with Crippen LogP contribution in [-0.4, -0.2) is 42.2 Å². The molecule has 1 N–H and O–H groups in total. The first-order valence-corrected chi connectivity index (χ1v) is 7.76. The Bertz CT molecular complexity index is 484. The van der Waals surface area contributed by atoms with Gasteiger partial charge in [-0.15, -0.1) is 0 Å². The Kier molecular flexibility index (Phi) is 5.43. The van der Waals surface area contributed by atoms with Gasteiger partial charge in [0, 0.05) is 11.0 Å². The average Bonchev–Trinajstić information content (AvgIpc) is 2.41. The second-order valence-electron chi connectivity index (χ2n) is 5.16. The molecule has 0 saturated carbocycles. The van der Waals surface area contributed by atoms with Crippen molar-refractivity contribution in [2.75, 3.05) is 26.2 Å². The minimum atomic E-state index is -0.956. The van der Waals surface area contributed by atoms with Gasteiger partial charge >= 0.3 is 5.97 Å². The molecule has 110 valence electrons. The third-order valence-corrected chi connectivity index (χ3v) is 4.03. The number of piperidine rings is 1. The first-order chi connectivity index (χ1) is 9.58. The molecule has 0 unspecified atom stereocenters. The molecule has 0 amide bonds. The summed E-state index contributed by atoms with van der Waals surface area (Å²) in [5, 5.41) is 9.25. The third kappa shape index (κ3) is 3.96. The van der Waals surface area contributed by atoms with E-state index in [1.807, 2.05) is 13.0 Å². The second-order valence-corrected chi connectivity index (χ2v) is 6.07. The quantitative estimate of drug-likeness (QED) is 0.892. The Morgan fingerprint density at radius 3 is 2.70 bits per heavy atom. The van der Waals surface area contributed by atoms with E-state index in [-0.39, 0.29) is 5.56 Å². The van der Waals surface area contributed by atoms with Crippen molar-refractivity contribution in [1.82, 2.24) is 4.90 Å². The van der Waals surface area contributed by atoms with Crippen molar-refractivity contribution in [2.24, 2.45) is 0 Å². The van der Waals surface area contributed by atoms with E-state index in [1.165, 1.54) is 19.3 Å². The summed E-state index contributed by atoms with van der Waals surface area (Å²) in [6, 6.07) is 3.47. The predicted octanol–water partition coefficient (Wildman–Crippen LogP) is 3.32. The van der Waals surface area contributed by atoms with Crippen molar-refractivity contribution in [3.63, 3.8) is 0 Å². The molecule has 1 aromatic carbocycles. The molecule has 0 aliphatic carbocycles. The maximum atomic E-state index is 11.3. The van der Waals surface area contributed by atoms with E-state index in [4.69, 9.17) is 4.74 Å². The van der Waals surface area contributed by atoms with Gasteiger partial charge in [-0.2, -0.15) is 0 Å². The zero-order chi connectivity index (χ0) is 14.5. The van der Waals surface area contributed by atoms with Crippen LogP contribution in [0, 0.1) is 6.92 Å². The van der Waals surface area contributed by atoms with Gasteiger partial charge in [-0.3, -0.25) is 4.90 Å². The molecule has 1 saturated heterocycles. The van der Waals surface area contributed by atoms with E-state index in [0.29, 0.717) is 12.4 Å². The van der Waals surface area contributed by atoms with Crippen molar-refractivity contribution < 1.29 is 14.6 Å². The summed E-state index contributed by atoms with van der Waals surface area (Å²) in [6.07, 6.45) is 3.81. The fourth-order valence-electron chi connectivity index (χ4n) is 2.54. The van der Waals surface area contributed by atoms with Gasteiger partial charge < -0.3 is 9.84 Å². The lowest BCUT2D eigenvalue weighted by molar-refractivity contribution is 0.0691. The van der Waals surface area contributed by atoms with E-state index in [2.05, 4.69) is 20.8 Å². The second kappa shape index (κ2) is 7.09. The maximum Gasteiger partial charge on any atom is 0.339 e. The van der Waals surface area contributed by atoms with Crippen molar-refractivity contribution in [3.8, 4) is 5.75 Å². The molecule has 1 aliphatic heterocycles. The molecule has 2 rings (SSSR count). The van der Waals surface area contributed by atoms with Crippen LogP contribution in [0.3, 0.4) is 0 Å². The number of aromatic carboxylic acids is 1. The van der Waals surface area contributed by atoms with Crippen molar-refractivity contribution >= 4 is 21.9 Å². The highest BCUT2D eigenvalue weighted by molar-refractivity contribution is 9.10. The average molecular weight is 342 g/mol. The number of carboxylic acid groups (broad SMARTS) is 1. The van der Waals surface area contributed by atoms with Gasteiger partial charge in [0.1, 0.15) is 17.9 Å². The number of hydrogen-bond acceptors (Lipinski definition) is 3. The minimum Gasteiger partial charge on any atom is -0.491 e. The molecule has 0 spiro atoms. The van der Waals surface area contributed by atoms with Gasteiger partial charge in [-0.25, -0.2) is 4.79 Å². The number of halogens is 1. The van der Waals surface area contributed by atoms with Crippen LogP contribution in [0.25, 0.3) is 0 Å². The van der Waals surface area contributed by atoms with E-state index in [1.54, 1.807) is 6.07 Å². The van der Waals surface area contributed by atoms with Crippen LogP contribution in [0.5, 0.6) is 5.75 Å². The van der Waals surface area contributed by atoms with Gasteiger partial charge in [0.2, 0.25) is 0 Å². The van der Waals surface area contributed by atoms with Crippen molar-refractivity contribution in [1.29, 1.82) is 0 Å². The number of nitrogens with zero attached hydrogens (tertiary/aromatic N) is 1. The fraction of sp³-hybridized carbons (Fsp3) is 0.533. The molecule has 0 radical (unpaired) electrons. The Labute approximate surface area is 127 Å². The fourth-order valence-corrected chi connectivity index (χ4v) is 3.11. The molecule has 20 heavy (non-hydrogen) atoms. The normalized spacial score (nSPS) is 16.1. The lowest BCUT2D eigenvalue weighted by Gasteiger charge is -2.26. The van der Waals surface area contributed by atoms with Gasteiger partial charge in [0.15, 0.2) is 0 Å². The Morgan fingerprint density at radius 1 is 1.35 bits per heavy atom. The molecule has 0 bridgehead atoms. The van der Waals surface area contributed by atoms with Gasteiger partial charge in [-0.05, 0) is 50.6 Å². The zero-order valence-electron chi connectivity index (χ0n) is 11.7. The summed E-state index contributed by atoms with van der Waals surface area (Å²) in [5.41, 5.74) is 1.06. The smallest absolute Gasteiger partial charge is 0.339 e. The monoisotopic (exact) mass is 341 g/mol. The van der Waals surface area contributed by atoms with E-state index >= 15 is 0 Å². The summed E-state index contributed by atoms with van der Waals surface area (Å²) in [6.45, 7) is 5.49. The van der Waals surface area contributed by atoms with Crippen LogP contribution < -0.4 is 4.74 Å². The molecule has 0 atom stereocenters. The van der Waals surface area contributed by atoms with E-state index in [9.17, 15) is 9.90 Å². The molecule has 1 fully saturated rings. The van der Waals surface area contributed by atoms with Crippen molar-refractivity contribution in [3.05, 3.63) is 27.7 Å². The Morgan fingerprint density at radius 2 is 2.05 bits per heavy atom. The molecule has 1 aliphatic rings. The van der Waals surface area contributed by atoms with Crippen LogP contribution in [-0.2, 0) is 0 Å². The number of carboxylic acids is 1. The largest absolute Gasteiger partial charge is 0.491 e. The summed E-state index contributed by atoms with van der Waals surface area (Å²) >= 11 is 3.32. The number of benzene rings is 1. The molecule has 1 aromatic rings. The van der Waals surface area contributed by atoms with E-state index in [0.717, 1.165) is 29.7 Å². The lowest BCUT2D eigenvalue weighted by Crippen LogP contribution is -2.33. The maximum absolute atomic E-state index is 11.3. The first-order valence-electron chi connectivity index (χ1n) is 6.96. The van der Waals surface area contributed by atoms with Crippen LogP contribution in [0.15, 0.2) is 16.6 Å². The van der Waals surface area contributed by atoms with Crippen LogP contribution in [0.2, 0.25) is 0 Å². The summed E-state index contributed by atoms with van der Waals surface area (Å²) in [5.74, 6) is -0.472. The highest BCUT2D eigenvalue weighted by Gasteiger charge is 2.16.